The molecule has 7 heteroatoms. The molecule has 1 aromatic carbocycles. The molecule has 2 aliphatic heterocycles. The molecule has 2 unspecified atom stereocenters. The number of benzene rings is 1. The molecule has 26 heavy (non-hydrogen) atoms. The first-order valence-corrected chi connectivity index (χ1v) is 8.31. The number of carbonyl (C=O) groups excluding carboxylic acids is 3. The molecule has 0 spiro atoms. The second-order valence-corrected chi connectivity index (χ2v) is 7.14. The number of phenolic OH excluding ortho intramolecular Hbond substituents is 1. The maximum Gasteiger partial charge on any atom is 0.316 e. The number of aliphatic hydroxyl groups is 1. The molecule has 4 aliphatic rings. The first-order chi connectivity index (χ1) is 12.4. The van der Waals surface area contributed by atoms with Gasteiger partial charge in [0.15, 0.2) is 5.76 Å². The van der Waals surface area contributed by atoms with Crippen LogP contribution in [0.5, 0.6) is 5.75 Å². The van der Waals surface area contributed by atoms with Crippen molar-refractivity contribution in [2.24, 2.45) is 0 Å². The van der Waals surface area contributed by atoms with E-state index in [0.29, 0.717) is 24.0 Å². The van der Waals surface area contributed by atoms with Crippen LogP contribution in [0.15, 0.2) is 16.5 Å². The Kier molecular flexibility index (Phi) is 2.72. The number of furan rings is 1. The maximum atomic E-state index is 13.1. The standard InChI is InChI=1S/C19H14O7/c1-19-3-2-11(26-18(19)24)12-9(19)5-10(21)13-14(12)16(23)17-8(15(13)22)4-7(6-20)25-17/h4-5,11,20-21H,2-3,6H2,1H3. The highest BCUT2D eigenvalue weighted by Crippen LogP contribution is 2.54. The van der Waals surface area contributed by atoms with E-state index in [1.807, 2.05) is 0 Å². The highest BCUT2D eigenvalue weighted by atomic mass is 16.5. The lowest BCUT2D eigenvalue weighted by Gasteiger charge is -2.45. The van der Waals surface area contributed by atoms with Crippen molar-refractivity contribution in [2.75, 3.05) is 0 Å². The fraction of sp³-hybridized carbons (Fsp3) is 0.316. The second-order valence-electron chi connectivity index (χ2n) is 7.14. The number of phenols is 1. The van der Waals surface area contributed by atoms with Crippen LogP contribution in [-0.2, 0) is 21.6 Å². The molecule has 2 aliphatic carbocycles. The largest absolute Gasteiger partial charge is 0.507 e. The summed E-state index contributed by atoms with van der Waals surface area (Å²) in [6, 6.07) is 2.72. The fourth-order valence-electron chi connectivity index (χ4n) is 4.33. The van der Waals surface area contributed by atoms with Crippen LogP contribution in [0.1, 0.15) is 74.8 Å². The van der Waals surface area contributed by atoms with Gasteiger partial charge in [-0.15, -0.1) is 0 Å². The number of fused-ring (bicyclic) bond motifs is 4. The molecule has 2 bridgehead atoms. The lowest BCUT2D eigenvalue weighted by Crippen LogP contribution is -2.46. The van der Waals surface area contributed by atoms with Crippen LogP contribution in [-0.4, -0.2) is 27.7 Å². The molecule has 1 fully saturated rings. The SMILES string of the molecule is CC12CCC(OC1=O)c1c2cc(O)c2c1C(=O)c1oc(CO)cc1C2=O. The zero-order chi connectivity index (χ0) is 18.4. The smallest absolute Gasteiger partial charge is 0.316 e. The molecule has 0 amide bonds. The van der Waals surface area contributed by atoms with E-state index in [1.54, 1.807) is 6.92 Å². The van der Waals surface area contributed by atoms with Gasteiger partial charge in [0.2, 0.25) is 11.6 Å². The van der Waals surface area contributed by atoms with Crippen molar-refractivity contribution >= 4 is 17.5 Å². The third-order valence-corrected chi connectivity index (χ3v) is 5.71. The van der Waals surface area contributed by atoms with Crippen LogP contribution >= 0.6 is 0 Å². The summed E-state index contributed by atoms with van der Waals surface area (Å²) in [4.78, 5) is 38.3. The number of rotatable bonds is 1. The molecule has 0 saturated carbocycles. The summed E-state index contributed by atoms with van der Waals surface area (Å²) in [5, 5.41) is 19.8. The molecule has 1 saturated heterocycles. The van der Waals surface area contributed by atoms with E-state index in [2.05, 4.69) is 0 Å². The third-order valence-electron chi connectivity index (χ3n) is 5.71. The van der Waals surface area contributed by atoms with Crippen LogP contribution in [0.4, 0.5) is 0 Å². The van der Waals surface area contributed by atoms with Gasteiger partial charge in [0.05, 0.1) is 16.5 Å². The summed E-state index contributed by atoms with van der Waals surface area (Å²) >= 11 is 0. The molecule has 2 atom stereocenters. The number of ether oxygens (including phenoxy) is 1. The first-order valence-electron chi connectivity index (χ1n) is 8.31. The van der Waals surface area contributed by atoms with E-state index in [0.717, 1.165) is 0 Å². The summed E-state index contributed by atoms with van der Waals surface area (Å²) in [6.45, 7) is 1.26. The number of hydrogen-bond donors (Lipinski definition) is 2. The summed E-state index contributed by atoms with van der Waals surface area (Å²) in [5.41, 5.74) is 0.0148. The molecule has 7 nitrogen and oxygen atoms in total. The van der Waals surface area contributed by atoms with Crippen molar-refractivity contribution in [3.63, 3.8) is 0 Å². The monoisotopic (exact) mass is 354 g/mol. The van der Waals surface area contributed by atoms with Crippen LogP contribution in [0.3, 0.4) is 0 Å². The van der Waals surface area contributed by atoms with Crippen molar-refractivity contribution in [1.82, 2.24) is 0 Å². The summed E-state index contributed by atoms with van der Waals surface area (Å²) in [5.74, 6) is -1.88. The number of aromatic hydroxyl groups is 1. The lowest BCUT2D eigenvalue weighted by molar-refractivity contribution is -0.166. The van der Waals surface area contributed by atoms with Crippen molar-refractivity contribution < 1.29 is 33.8 Å². The number of hydrogen-bond acceptors (Lipinski definition) is 7. The average molecular weight is 354 g/mol. The number of aliphatic hydroxyl groups excluding tert-OH is 1. The normalized spacial score (nSPS) is 25.6. The summed E-state index contributed by atoms with van der Waals surface area (Å²) in [6.07, 6.45) is 0.463. The van der Waals surface area contributed by atoms with E-state index in [9.17, 15) is 24.6 Å². The van der Waals surface area contributed by atoms with Gasteiger partial charge < -0.3 is 19.4 Å². The zero-order valence-electron chi connectivity index (χ0n) is 13.8. The quantitative estimate of drug-likeness (QED) is 0.642. The maximum absolute atomic E-state index is 13.1. The highest BCUT2D eigenvalue weighted by molar-refractivity contribution is 6.29. The summed E-state index contributed by atoms with van der Waals surface area (Å²) < 4.78 is 10.8. The van der Waals surface area contributed by atoms with Gasteiger partial charge in [-0.05, 0) is 37.5 Å². The Bertz CT molecular complexity index is 1040. The van der Waals surface area contributed by atoms with E-state index in [-0.39, 0.29) is 34.0 Å². The molecule has 132 valence electrons. The van der Waals surface area contributed by atoms with Crippen LogP contribution < -0.4 is 0 Å². The average Bonchev–Trinajstić information content (AvgIpc) is 3.06. The van der Waals surface area contributed by atoms with E-state index < -0.39 is 35.7 Å². The van der Waals surface area contributed by atoms with Gasteiger partial charge >= 0.3 is 5.97 Å². The predicted molar refractivity (Wildman–Crippen MR) is 85.0 cm³/mol. The minimum Gasteiger partial charge on any atom is -0.507 e. The Hall–Kier alpha value is -2.93. The highest BCUT2D eigenvalue weighted by Gasteiger charge is 2.53. The first kappa shape index (κ1) is 15.3. The lowest BCUT2D eigenvalue weighted by atomic mass is 9.65. The van der Waals surface area contributed by atoms with Gasteiger partial charge in [0, 0.05) is 11.1 Å². The third kappa shape index (κ3) is 1.59. The Balaban J connectivity index is 1.85. The number of ketones is 2. The molecular weight excluding hydrogens is 340 g/mol. The second kappa shape index (κ2) is 4.62. The molecule has 3 heterocycles. The van der Waals surface area contributed by atoms with Crippen molar-refractivity contribution in [1.29, 1.82) is 0 Å². The summed E-state index contributed by atoms with van der Waals surface area (Å²) in [7, 11) is 0. The molecule has 2 aromatic rings. The predicted octanol–water partition coefficient (Wildman–Crippen LogP) is 1.90. The number of esters is 1. The van der Waals surface area contributed by atoms with Crippen molar-refractivity contribution in [2.45, 2.75) is 37.9 Å². The van der Waals surface area contributed by atoms with E-state index in [1.165, 1.54) is 12.1 Å². The Morgan fingerprint density at radius 2 is 1.96 bits per heavy atom. The zero-order valence-corrected chi connectivity index (χ0v) is 13.8. The Labute approximate surface area is 147 Å². The minimum absolute atomic E-state index is 0.0194. The fourth-order valence-corrected chi connectivity index (χ4v) is 4.33. The molecule has 0 radical (unpaired) electrons. The van der Waals surface area contributed by atoms with Crippen molar-refractivity contribution in [3.8, 4) is 5.75 Å². The topological polar surface area (TPSA) is 114 Å². The Morgan fingerprint density at radius 1 is 1.19 bits per heavy atom. The minimum atomic E-state index is -0.959. The molecule has 6 rings (SSSR count). The molecule has 1 aromatic heterocycles. The number of carbonyl (C=O) groups is 3. The van der Waals surface area contributed by atoms with Crippen molar-refractivity contribution in [3.05, 3.63) is 51.5 Å². The van der Waals surface area contributed by atoms with Crippen LogP contribution in [0.2, 0.25) is 0 Å². The van der Waals surface area contributed by atoms with Crippen LogP contribution in [0, 0.1) is 0 Å². The van der Waals surface area contributed by atoms with Gasteiger partial charge in [-0.25, -0.2) is 0 Å². The molecule has 2 N–H and O–H groups in total. The van der Waals surface area contributed by atoms with Gasteiger partial charge in [-0.3, -0.25) is 14.4 Å². The van der Waals surface area contributed by atoms with Gasteiger partial charge in [-0.1, -0.05) is 0 Å². The molecular formula is C19H14O7. The van der Waals surface area contributed by atoms with Gasteiger partial charge in [-0.2, -0.15) is 0 Å². The van der Waals surface area contributed by atoms with Crippen LogP contribution in [0.25, 0.3) is 0 Å². The van der Waals surface area contributed by atoms with E-state index >= 15 is 0 Å². The van der Waals surface area contributed by atoms with Gasteiger partial charge in [0.1, 0.15) is 24.2 Å². The Morgan fingerprint density at radius 3 is 2.65 bits per heavy atom. The van der Waals surface area contributed by atoms with Gasteiger partial charge in [0.25, 0.3) is 0 Å². The van der Waals surface area contributed by atoms with E-state index in [4.69, 9.17) is 9.15 Å².